The van der Waals surface area contributed by atoms with E-state index in [0.717, 1.165) is 6.42 Å². The lowest BCUT2D eigenvalue weighted by Gasteiger charge is -2.13. The topological polar surface area (TPSA) is 75.3 Å². The second-order valence-corrected chi connectivity index (χ2v) is 7.54. The van der Waals surface area contributed by atoms with E-state index in [9.17, 15) is 13.2 Å². The molecule has 2 rings (SSSR count). The Kier molecular flexibility index (Phi) is 5.85. The van der Waals surface area contributed by atoms with E-state index in [0.29, 0.717) is 16.3 Å². The number of carbonyl (C=O) groups excluding carboxylic acids is 1. The highest BCUT2D eigenvalue weighted by Gasteiger charge is 2.15. The fourth-order valence-electron chi connectivity index (χ4n) is 1.96. The van der Waals surface area contributed by atoms with E-state index in [1.165, 1.54) is 30.3 Å². The maximum atomic E-state index is 12.4. The molecule has 0 heterocycles. The zero-order valence-corrected chi connectivity index (χ0v) is 15.0. The molecule has 2 N–H and O–H groups in total. The minimum Gasteiger partial charge on any atom is -0.350 e. The standard InChI is InChI=1S/C17H19ClN2O3S/c1-3-12(2)19-17(21)13-5-4-6-15(11-13)20-24(22,23)16-9-7-14(18)8-10-16/h4-12,20H,3H2,1-2H3,(H,19,21)/t12-/m1/s1. The quantitative estimate of drug-likeness (QED) is 0.819. The summed E-state index contributed by atoms with van der Waals surface area (Å²) in [5.74, 6) is -0.239. The van der Waals surface area contributed by atoms with Gasteiger partial charge in [0.2, 0.25) is 0 Å². The molecule has 0 unspecified atom stereocenters. The predicted molar refractivity (Wildman–Crippen MR) is 95.9 cm³/mol. The zero-order valence-electron chi connectivity index (χ0n) is 13.4. The molecule has 0 aliphatic carbocycles. The largest absolute Gasteiger partial charge is 0.350 e. The number of nitrogens with one attached hydrogen (secondary N) is 2. The summed E-state index contributed by atoms with van der Waals surface area (Å²) in [5.41, 5.74) is 0.716. The van der Waals surface area contributed by atoms with Gasteiger partial charge in [0.15, 0.2) is 0 Å². The maximum Gasteiger partial charge on any atom is 0.261 e. The summed E-state index contributed by atoms with van der Waals surface area (Å²) in [6, 6.07) is 12.3. The van der Waals surface area contributed by atoms with Crippen LogP contribution < -0.4 is 10.0 Å². The Bertz CT molecular complexity index is 820. The van der Waals surface area contributed by atoms with Crippen molar-refractivity contribution in [2.45, 2.75) is 31.2 Å². The van der Waals surface area contributed by atoms with Gasteiger partial charge in [0.1, 0.15) is 0 Å². The summed E-state index contributed by atoms with van der Waals surface area (Å²) in [7, 11) is -3.74. The number of amides is 1. The van der Waals surface area contributed by atoms with Crippen LogP contribution in [0.1, 0.15) is 30.6 Å². The summed E-state index contributed by atoms with van der Waals surface area (Å²) < 4.78 is 27.2. The molecule has 2 aromatic carbocycles. The van der Waals surface area contributed by atoms with E-state index in [1.54, 1.807) is 18.2 Å². The third-order valence-corrected chi connectivity index (χ3v) is 5.14. The fraction of sp³-hybridized carbons (Fsp3) is 0.235. The van der Waals surface area contributed by atoms with Crippen LogP contribution in [-0.4, -0.2) is 20.4 Å². The van der Waals surface area contributed by atoms with Gasteiger partial charge >= 0.3 is 0 Å². The van der Waals surface area contributed by atoms with Crippen molar-refractivity contribution in [3.05, 3.63) is 59.1 Å². The van der Waals surface area contributed by atoms with Gasteiger partial charge < -0.3 is 5.32 Å². The predicted octanol–water partition coefficient (Wildman–Crippen LogP) is 3.67. The Morgan fingerprint density at radius 2 is 1.83 bits per heavy atom. The highest BCUT2D eigenvalue weighted by atomic mass is 35.5. The third-order valence-electron chi connectivity index (χ3n) is 3.49. The van der Waals surface area contributed by atoms with Crippen LogP contribution in [-0.2, 0) is 10.0 Å². The van der Waals surface area contributed by atoms with Gasteiger partial charge in [-0.15, -0.1) is 0 Å². The van der Waals surface area contributed by atoms with Crippen molar-refractivity contribution in [1.29, 1.82) is 0 Å². The number of sulfonamides is 1. The first-order chi connectivity index (χ1) is 11.3. The number of rotatable bonds is 6. The van der Waals surface area contributed by atoms with Crippen molar-refractivity contribution in [3.8, 4) is 0 Å². The SMILES string of the molecule is CC[C@@H](C)NC(=O)c1cccc(NS(=O)(=O)c2ccc(Cl)cc2)c1. The molecule has 0 aromatic heterocycles. The molecule has 128 valence electrons. The molecule has 7 heteroatoms. The van der Waals surface area contributed by atoms with Crippen LogP contribution in [0.25, 0.3) is 0 Å². The van der Waals surface area contributed by atoms with Crippen molar-refractivity contribution >= 4 is 33.2 Å². The van der Waals surface area contributed by atoms with E-state index < -0.39 is 10.0 Å². The molecule has 2 aromatic rings. The Labute approximate surface area is 147 Å². The summed E-state index contributed by atoms with van der Waals surface area (Å²) >= 11 is 5.77. The lowest BCUT2D eigenvalue weighted by molar-refractivity contribution is 0.0939. The molecule has 1 atom stereocenters. The molecule has 0 saturated carbocycles. The minimum absolute atomic E-state index is 0.0481. The molecule has 0 saturated heterocycles. The molecule has 0 spiro atoms. The molecule has 0 aliphatic rings. The van der Waals surface area contributed by atoms with E-state index in [1.807, 2.05) is 13.8 Å². The van der Waals surface area contributed by atoms with Gasteiger partial charge in [-0.05, 0) is 55.8 Å². The van der Waals surface area contributed by atoms with Crippen LogP contribution in [0, 0.1) is 0 Å². The molecule has 0 fully saturated rings. The minimum atomic E-state index is -3.74. The van der Waals surface area contributed by atoms with Crippen LogP contribution in [0.5, 0.6) is 0 Å². The summed E-state index contributed by atoms with van der Waals surface area (Å²) in [6.45, 7) is 3.88. The Morgan fingerprint density at radius 1 is 1.17 bits per heavy atom. The van der Waals surface area contributed by atoms with Crippen LogP contribution in [0.15, 0.2) is 53.4 Å². The average Bonchev–Trinajstić information content (AvgIpc) is 2.55. The van der Waals surface area contributed by atoms with E-state index in [-0.39, 0.29) is 16.8 Å². The first kappa shape index (κ1) is 18.3. The van der Waals surface area contributed by atoms with Gasteiger partial charge in [0.05, 0.1) is 4.90 Å². The Morgan fingerprint density at radius 3 is 2.46 bits per heavy atom. The summed E-state index contributed by atoms with van der Waals surface area (Å²) in [5, 5.41) is 3.30. The molecular formula is C17H19ClN2O3S. The van der Waals surface area contributed by atoms with Gasteiger partial charge in [-0.1, -0.05) is 24.6 Å². The number of halogens is 1. The third kappa shape index (κ3) is 4.72. The van der Waals surface area contributed by atoms with Gasteiger partial charge in [-0.2, -0.15) is 0 Å². The molecule has 1 amide bonds. The number of hydrogen-bond acceptors (Lipinski definition) is 3. The monoisotopic (exact) mass is 366 g/mol. The molecule has 5 nitrogen and oxygen atoms in total. The van der Waals surface area contributed by atoms with Crippen molar-refractivity contribution in [2.75, 3.05) is 4.72 Å². The second kappa shape index (κ2) is 7.68. The van der Waals surface area contributed by atoms with Crippen molar-refractivity contribution in [3.63, 3.8) is 0 Å². The zero-order chi connectivity index (χ0) is 17.7. The molecule has 0 radical (unpaired) electrons. The highest BCUT2D eigenvalue weighted by molar-refractivity contribution is 7.92. The Hall–Kier alpha value is -2.05. The molecule has 0 aliphatic heterocycles. The number of benzene rings is 2. The lowest BCUT2D eigenvalue weighted by Crippen LogP contribution is -2.31. The van der Waals surface area contributed by atoms with Gasteiger partial charge in [0, 0.05) is 22.3 Å². The van der Waals surface area contributed by atoms with Gasteiger partial charge in [-0.3, -0.25) is 9.52 Å². The normalized spacial score (nSPS) is 12.5. The number of anilines is 1. The molecular weight excluding hydrogens is 348 g/mol. The summed E-state index contributed by atoms with van der Waals surface area (Å²) in [6.07, 6.45) is 0.814. The van der Waals surface area contributed by atoms with Crippen LogP contribution in [0.3, 0.4) is 0 Å². The van der Waals surface area contributed by atoms with E-state index >= 15 is 0 Å². The van der Waals surface area contributed by atoms with Gasteiger partial charge in [-0.25, -0.2) is 8.42 Å². The lowest BCUT2D eigenvalue weighted by atomic mass is 10.1. The number of hydrogen-bond donors (Lipinski definition) is 2. The molecule has 24 heavy (non-hydrogen) atoms. The smallest absolute Gasteiger partial charge is 0.261 e. The first-order valence-electron chi connectivity index (χ1n) is 7.51. The average molecular weight is 367 g/mol. The number of carbonyl (C=O) groups is 1. The summed E-state index contributed by atoms with van der Waals surface area (Å²) in [4.78, 5) is 12.2. The second-order valence-electron chi connectivity index (χ2n) is 5.42. The van der Waals surface area contributed by atoms with Crippen LogP contribution in [0.2, 0.25) is 5.02 Å². The highest BCUT2D eigenvalue weighted by Crippen LogP contribution is 2.19. The van der Waals surface area contributed by atoms with Crippen molar-refractivity contribution < 1.29 is 13.2 Å². The Balaban J connectivity index is 2.19. The van der Waals surface area contributed by atoms with E-state index in [4.69, 9.17) is 11.6 Å². The van der Waals surface area contributed by atoms with Crippen molar-refractivity contribution in [1.82, 2.24) is 5.32 Å². The fourth-order valence-corrected chi connectivity index (χ4v) is 3.14. The van der Waals surface area contributed by atoms with Crippen LogP contribution >= 0.6 is 11.6 Å². The van der Waals surface area contributed by atoms with Crippen LogP contribution in [0.4, 0.5) is 5.69 Å². The maximum absolute atomic E-state index is 12.4. The van der Waals surface area contributed by atoms with Crippen molar-refractivity contribution in [2.24, 2.45) is 0 Å². The van der Waals surface area contributed by atoms with E-state index in [2.05, 4.69) is 10.0 Å². The first-order valence-corrected chi connectivity index (χ1v) is 9.37. The molecule has 0 bridgehead atoms. The van der Waals surface area contributed by atoms with Gasteiger partial charge in [0.25, 0.3) is 15.9 Å².